The maximum absolute atomic E-state index is 10.2. The van der Waals surface area contributed by atoms with E-state index in [4.69, 9.17) is 0 Å². The first-order chi connectivity index (χ1) is 7.15. The summed E-state index contributed by atoms with van der Waals surface area (Å²) < 4.78 is 4.27. The molecule has 0 unspecified atom stereocenters. The van der Waals surface area contributed by atoms with Gasteiger partial charge in [0.15, 0.2) is 0 Å². The van der Waals surface area contributed by atoms with Crippen LogP contribution in [0.3, 0.4) is 0 Å². The van der Waals surface area contributed by atoms with E-state index < -0.39 is 0 Å². The van der Waals surface area contributed by atoms with E-state index in [1.54, 1.807) is 32.6 Å². The lowest BCUT2D eigenvalue weighted by molar-refractivity contribution is -0.136. The lowest BCUT2D eigenvalue weighted by atomic mass is 10.0. The van der Waals surface area contributed by atoms with Crippen molar-refractivity contribution >= 4 is 5.97 Å². The van der Waals surface area contributed by atoms with Crippen LogP contribution in [0.4, 0.5) is 0 Å². The van der Waals surface area contributed by atoms with Gasteiger partial charge in [-0.25, -0.2) is 4.79 Å². The van der Waals surface area contributed by atoms with Gasteiger partial charge in [0.1, 0.15) is 0 Å². The summed E-state index contributed by atoms with van der Waals surface area (Å²) in [5.41, 5.74) is 0.433. The first kappa shape index (κ1) is 12.3. The molecule has 0 heterocycles. The second-order valence-electron chi connectivity index (χ2n) is 4.65. The lowest BCUT2D eigenvalue weighted by Crippen LogP contribution is -1.98. The molecule has 2 aliphatic rings. The van der Waals surface area contributed by atoms with Crippen LogP contribution < -0.4 is 0 Å². The number of carbonyl (C=O) groups is 1. The Morgan fingerprint density at radius 2 is 1.60 bits per heavy atom. The Kier molecular flexibility index (Phi) is 4.86. The van der Waals surface area contributed by atoms with Crippen LogP contribution in [-0.4, -0.2) is 13.1 Å². The van der Waals surface area contributed by atoms with Gasteiger partial charge in [0.2, 0.25) is 0 Å². The highest BCUT2D eigenvalue weighted by molar-refractivity contribution is 5.86. The summed E-state index contributed by atoms with van der Waals surface area (Å²) in [5, 5.41) is 0. The molecule has 2 fully saturated rings. The molecule has 2 aliphatic carbocycles. The van der Waals surface area contributed by atoms with Crippen molar-refractivity contribution in [2.24, 2.45) is 11.8 Å². The van der Waals surface area contributed by atoms with Crippen LogP contribution in [-0.2, 0) is 9.53 Å². The molecule has 86 valence electrons. The monoisotopic (exact) mass is 210 g/mol. The van der Waals surface area contributed by atoms with Crippen molar-refractivity contribution < 1.29 is 9.53 Å². The van der Waals surface area contributed by atoms with Gasteiger partial charge in [0.25, 0.3) is 0 Å². The summed E-state index contributed by atoms with van der Waals surface area (Å²) in [5.74, 6) is 2.02. The fourth-order valence-corrected chi connectivity index (χ4v) is 2.17. The zero-order valence-electron chi connectivity index (χ0n) is 9.92. The number of carbonyl (C=O) groups excluding carboxylic acids is 1. The average molecular weight is 210 g/mol. The molecule has 2 rings (SSSR count). The van der Waals surface area contributed by atoms with Crippen molar-refractivity contribution in [1.29, 1.82) is 0 Å². The van der Waals surface area contributed by atoms with Crippen molar-refractivity contribution in [1.82, 2.24) is 0 Å². The van der Waals surface area contributed by atoms with E-state index in [2.05, 4.69) is 11.3 Å². The van der Waals surface area contributed by atoms with Crippen molar-refractivity contribution in [3.05, 3.63) is 12.2 Å². The first-order valence-electron chi connectivity index (χ1n) is 5.89. The molecule has 0 amide bonds. The largest absolute Gasteiger partial charge is 0.466 e. The highest BCUT2D eigenvalue weighted by atomic mass is 16.5. The minimum atomic E-state index is -0.347. The molecule has 0 atom stereocenters. The SMILES string of the molecule is C1CCC(C2CC2)C1.C=C(C)C(=O)OC. The molecule has 0 saturated heterocycles. The third kappa shape index (κ3) is 4.50. The number of esters is 1. The topological polar surface area (TPSA) is 26.3 Å². The van der Waals surface area contributed by atoms with E-state index in [0.717, 1.165) is 0 Å². The number of hydrogen-bond donors (Lipinski definition) is 0. The van der Waals surface area contributed by atoms with Crippen molar-refractivity contribution in [2.45, 2.75) is 45.4 Å². The smallest absolute Gasteiger partial charge is 0.332 e. The molecule has 0 aromatic carbocycles. The maximum Gasteiger partial charge on any atom is 0.332 e. The minimum absolute atomic E-state index is 0.347. The number of hydrogen-bond acceptors (Lipinski definition) is 2. The van der Waals surface area contributed by atoms with Gasteiger partial charge in [-0.2, -0.15) is 0 Å². The van der Waals surface area contributed by atoms with E-state index in [1.807, 2.05) is 0 Å². The molecule has 0 aliphatic heterocycles. The second kappa shape index (κ2) is 5.94. The van der Waals surface area contributed by atoms with Crippen LogP contribution >= 0.6 is 0 Å². The summed E-state index contributed by atoms with van der Waals surface area (Å²) in [6.45, 7) is 4.95. The Hall–Kier alpha value is -0.790. The summed E-state index contributed by atoms with van der Waals surface area (Å²) >= 11 is 0. The Bertz CT molecular complexity index is 223. The van der Waals surface area contributed by atoms with Crippen LogP contribution in [0, 0.1) is 11.8 Å². The van der Waals surface area contributed by atoms with Gasteiger partial charge in [-0.3, -0.25) is 0 Å². The Morgan fingerprint density at radius 3 is 1.87 bits per heavy atom. The van der Waals surface area contributed by atoms with Crippen molar-refractivity contribution in [3.8, 4) is 0 Å². The number of rotatable bonds is 2. The van der Waals surface area contributed by atoms with Gasteiger partial charge in [-0.05, 0) is 31.6 Å². The van der Waals surface area contributed by atoms with Gasteiger partial charge in [0.05, 0.1) is 7.11 Å². The summed E-state index contributed by atoms with van der Waals surface area (Å²) in [7, 11) is 1.33. The Balaban J connectivity index is 0.000000153. The van der Waals surface area contributed by atoms with Gasteiger partial charge in [0, 0.05) is 5.57 Å². The second-order valence-corrected chi connectivity index (χ2v) is 4.65. The minimum Gasteiger partial charge on any atom is -0.466 e. The first-order valence-corrected chi connectivity index (χ1v) is 5.89. The molecule has 0 N–H and O–H groups in total. The van der Waals surface area contributed by atoms with E-state index in [1.165, 1.54) is 31.8 Å². The Labute approximate surface area is 92.7 Å². The van der Waals surface area contributed by atoms with Crippen LogP contribution in [0.2, 0.25) is 0 Å². The number of ether oxygens (including phenoxy) is 1. The zero-order valence-corrected chi connectivity index (χ0v) is 9.92. The molecule has 2 nitrogen and oxygen atoms in total. The van der Waals surface area contributed by atoms with Crippen molar-refractivity contribution in [2.75, 3.05) is 7.11 Å². The highest BCUT2D eigenvalue weighted by Crippen LogP contribution is 2.44. The van der Waals surface area contributed by atoms with Crippen LogP contribution in [0.25, 0.3) is 0 Å². The van der Waals surface area contributed by atoms with Gasteiger partial charge < -0.3 is 4.74 Å². The molecule has 0 aromatic heterocycles. The lowest BCUT2D eigenvalue weighted by Gasteiger charge is -2.02. The average Bonchev–Trinajstić information content (AvgIpc) is 2.94. The third-order valence-corrected chi connectivity index (χ3v) is 3.22. The maximum atomic E-state index is 10.2. The molecule has 15 heavy (non-hydrogen) atoms. The normalized spacial score (nSPS) is 20.4. The van der Waals surface area contributed by atoms with E-state index in [0.29, 0.717) is 5.57 Å². The molecule has 0 radical (unpaired) electrons. The van der Waals surface area contributed by atoms with Crippen LogP contribution in [0.15, 0.2) is 12.2 Å². The molecule has 0 bridgehead atoms. The Morgan fingerprint density at radius 1 is 1.13 bits per heavy atom. The van der Waals surface area contributed by atoms with Gasteiger partial charge in [-0.15, -0.1) is 0 Å². The van der Waals surface area contributed by atoms with Crippen LogP contribution in [0.1, 0.15) is 45.4 Å². The fourth-order valence-electron chi connectivity index (χ4n) is 2.17. The van der Waals surface area contributed by atoms with Gasteiger partial charge >= 0.3 is 5.97 Å². The molecular weight excluding hydrogens is 188 g/mol. The zero-order chi connectivity index (χ0) is 11.3. The highest BCUT2D eigenvalue weighted by Gasteiger charge is 2.32. The summed E-state index contributed by atoms with van der Waals surface area (Å²) in [6, 6.07) is 0. The predicted octanol–water partition coefficient (Wildman–Crippen LogP) is 3.32. The predicted molar refractivity (Wildman–Crippen MR) is 61.5 cm³/mol. The molecule has 2 saturated carbocycles. The molecule has 0 aromatic rings. The molecular formula is C13H22O2. The third-order valence-electron chi connectivity index (χ3n) is 3.22. The number of methoxy groups -OCH3 is 1. The quantitative estimate of drug-likeness (QED) is 0.516. The molecule has 0 spiro atoms. The fraction of sp³-hybridized carbons (Fsp3) is 0.769. The summed E-state index contributed by atoms with van der Waals surface area (Å²) in [6.07, 6.45) is 9.30. The van der Waals surface area contributed by atoms with Crippen molar-refractivity contribution in [3.63, 3.8) is 0 Å². The van der Waals surface area contributed by atoms with E-state index in [-0.39, 0.29) is 5.97 Å². The van der Waals surface area contributed by atoms with E-state index >= 15 is 0 Å². The summed E-state index contributed by atoms with van der Waals surface area (Å²) in [4.78, 5) is 10.2. The standard InChI is InChI=1S/C8H14.C5H8O2/c1-2-4-7(3-1)8-5-6-8;1-4(2)5(6)7-3/h7-8H,1-6H2;1H2,2-3H3. The van der Waals surface area contributed by atoms with Gasteiger partial charge in [-0.1, -0.05) is 32.3 Å². The molecule has 2 heteroatoms. The van der Waals surface area contributed by atoms with E-state index in [9.17, 15) is 4.79 Å². The van der Waals surface area contributed by atoms with Crippen LogP contribution in [0.5, 0.6) is 0 Å².